The molecular formula is C30H36ClNO3. The van der Waals surface area contributed by atoms with E-state index in [1.54, 1.807) is 7.11 Å². The topological polar surface area (TPSA) is 38.8 Å². The molecule has 2 atom stereocenters. The molecule has 4 nitrogen and oxygen atoms in total. The van der Waals surface area contributed by atoms with Crippen LogP contribution in [0.15, 0.2) is 78.9 Å². The fraction of sp³-hybridized carbons (Fsp3) is 0.367. The first-order valence-corrected chi connectivity index (χ1v) is 12.4. The molecule has 0 aliphatic carbocycles. The summed E-state index contributed by atoms with van der Waals surface area (Å²) < 4.78 is 11.4. The highest BCUT2D eigenvalue weighted by Crippen LogP contribution is 2.37. The fourth-order valence-corrected chi connectivity index (χ4v) is 4.93. The number of halogens is 1. The second-order valence-corrected chi connectivity index (χ2v) is 8.96. The molecule has 2 unspecified atom stereocenters. The minimum Gasteiger partial charge on any atom is -0.497 e. The van der Waals surface area contributed by atoms with E-state index in [1.807, 2.05) is 54.6 Å². The van der Waals surface area contributed by atoms with Crippen LogP contribution in [0.1, 0.15) is 53.6 Å². The van der Waals surface area contributed by atoms with Crippen LogP contribution in [-0.4, -0.2) is 44.0 Å². The molecule has 1 aliphatic rings. The summed E-state index contributed by atoms with van der Waals surface area (Å²) in [5.41, 5.74) is 2.99. The van der Waals surface area contributed by atoms with Gasteiger partial charge in [0.1, 0.15) is 18.1 Å². The zero-order valence-electron chi connectivity index (χ0n) is 20.7. The van der Waals surface area contributed by atoms with Gasteiger partial charge in [-0.05, 0) is 67.7 Å². The normalized spacial score (nSPS) is 15.1. The van der Waals surface area contributed by atoms with Crippen LogP contribution in [0.4, 0.5) is 0 Å². The molecular weight excluding hydrogens is 458 g/mol. The maximum Gasteiger partial charge on any atom is 0.166 e. The molecule has 35 heavy (non-hydrogen) atoms. The number of Topliss-reactive ketones (excluding diaryl/α,β-unsaturated/α-hetero) is 1. The quantitative estimate of drug-likeness (QED) is 0.281. The Morgan fingerprint density at radius 3 is 1.97 bits per heavy atom. The molecule has 5 heteroatoms. The van der Waals surface area contributed by atoms with Crippen molar-refractivity contribution in [1.29, 1.82) is 0 Å². The Morgan fingerprint density at radius 2 is 1.43 bits per heavy atom. The predicted octanol–water partition coefficient (Wildman–Crippen LogP) is 6.63. The minimum absolute atomic E-state index is 0. The third-order valence-corrected chi connectivity index (χ3v) is 6.83. The van der Waals surface area contributed by atoms with Crippen molar-refractivity contribution in [1.82, 2.24) is 4.90 Å². The van der Waals surface area contributed by atoms with Crippen LogP contribution in [0.2, 0.25) is 0 Å². The molecule has 1 aliphatic heterocycles. The number of nitrogens with zero attached hydrogens (tertiary/aromatic N) is 1. The maximum atomic E-state index is 13.6. The van der Waals surface area contributed by atoms with E-state index in [2.05, 4.69) is 36.1 Å². The highest BCUT2D eigenvalue weighted by molar-refractivity contribution is 5.98. The first-order chi connectivity index (χ1) is 16.7. The zero-order chi connectivity index (χ0) is 23.8. The zero-order valence-corrected chi connectivity index (χ0v) is 21.5. The van der Waals surface area contributed by atoms with E-state index in [1.165, 1.54) is 25.9 Å². The maximum absolute atomic E-state index is 13.6. The summed E-state index contributed by atoms with van der Waals surface area (Å²) in [4.78, 5) is 16.0. The van der Waals surface area contributed by atoms with E-state index in [-0.39, 0.29) is 30.0 Å². The highest BCUT2D eigenvalue weighted by Gasteiger charge is 2.30. The Balaban J connectivity index is 0.00000342. The van der Waals surface area contributed by atoms with Crippen LogP contribution in [-0.2, 0) is 0 Å². The van der Waals surface area contributed by atoms with Gasteiger partial charge < -0.3 is 9.47 Å². The first-order valence-electron chi connectivity index (χ1n) is 12.4. The third kappa shape index (κ3) is 6.87. The molecule has 0 aromatic heterocycles. The van der Waals surface area contributed by atoms with Gasteiger partial charge in [0.05, 0.1) is 7.11 Å². The van der Waals surface area contributed by atoms with Gasteiger partial charge in [-0.2, -0.15) is 0 Å². The molecule has 4 rings (SSSR count). The molecule has 1 heterocycles. The second-order valence-electron chi connectivity index (χ2n) is 8.96. The van der Waals surface area contributed by atoms with Crippen LogP contribution in [0.25, 0.3) is 0 Å². The number of hydrogen-bond donors (Lipinski definition) is 0. The molecule has 1 saturated heterocycles. The number of ketones is 1. The molecule has 1 fully saturated rings. The second kappa shape index (κ2) is 13.3. The summed E-state index contributed by atoms with van der Waals surface area (Å²) in [6, 6.07) is 26.0. The van der Waals surface area contributed by atoms with Gasteiger partial charge in [-0.1, -0.05) is 61.5 Å². The molecule has 0 amide bonds. The predicted molar refractivity (Wildman–Crippen MR) is 144 cm³/mol. The summed E-state index contributed by atoms with van der Waals surface area (Å²) in [6.45, 7) is 6.13. The number of carbonyl (C=O) groups is 1. The summed E-state index contributed by atoms with van der Waals surface area (Å²) in [5.74, 6) is 1.64. The Bertz CT molecular complexity index is 1030. The SMILES string of the molecule is CCC(C(=O)c1ccccc1)C(c1ccc(OC)cc1)c1ccc(OCCN2CCCC2)cc1.Cl. The van der Waals surface area contributed by atoms with Gasteiger partial charge in [0.15, 0.2) is 5.78 Å². The Labute approximate surface area is 215 Å². The van der Waals surface area contributed by atoms with E-state index >= 15 is 0 Å². The van der Waals surface area contributed by atoms with E-state index in [4.69, 9.17) is 9.47 Å². The lowest BCUT2D eigenvalue weighted by Gasteiger charge is -2.27. The number of ether oxygens (including phenoxy) is 2. The number of carbonyl (C=O) groups excluding carboxylic acids is 1. The van der Waals surface area contributed by atoms with Crippen molar-refractivity contribution < 1.29 is 14.3 Å². The van der Waals surface area contributed by atoms with Gasteiger partial charge in [-0.25, -0.2) is 0 Å². The van der Waals surface area contributed by atoms with Gasteiger partial charge in [-0.15, -0.1) is 12.4 Å². The molecule has 0 N–H and O–H groups in total. The lowest BCUT2D eigenvalue weighted by atomic mass is 9.76. The van der Waals surface area contributed by atoms with Crippen LogP contribution < -0.4 is 9.47 Å². The smallest absolute Gasteiger partial charge is 0.166 e. The van der Waals surface area contributed by atoms with Crippen molar-refractivity contribution in [2.24, 2.45) is 5.92 Å². The van der Waals surface area contributed by atoms with E-state index in [0.29, 0.717) is 6.61 Å². The number of rotatable bonds is 11. The van der Waals surface area contributed by atoms with Crippen molar-refractivity contribution in [3.8, 4) is 11.5 Å². The van der Waals surface area contributed by atoms with Gasteiger partial charge >= 0.3 is 0 Å². The third-order valence-electron chi connectivity index (χ3n) is 6.83. The minimum atomic E-state index is -0.169. The van der Waals surface area contributed by atoms with Crippen molar-refractivity contribution in [3.05, 3.63) is 95.6 Å². The van der Waals surface area contributed by atoms with E-state index < -0.39 is 0 Å². The van der Waals surface area contributed by atoms with Crippen LogP contribution in [0.3, 0.4) is 0 Å². The summed E-state index contributed by atoms with van der Waals surface area (Å²) in [7, 11) is 1.67. The number of hydrogen-bond acceptors (Lipinski definition) is 4. The monoisotopic (exact) mass is 493 g/mol. The fourth-order valence-electron chi connectivity index (χ4n) is 4.93. The van der Waals surface area contributed by atoms with Crippen molar-refractivity contribution >= 4 is 18.2 Å². The molecule has 0 radical (unpaired) electrons. The average molecular weight is 494 g/mol. The summed E-state index contributed by atoms with van der Waals surface area (Å²) in [5, 5.41) is 0. The lowest BCUT2D eigenvalue weighted by Crippen LogP contribution is -2.25. The Morgan fingerprint density at radius 1 is 0.857 bits per heavy atom. The van der Waals surface area contributed by atoms with Gasteiger partial charge in [0.25, 0.3) is 0 Å². The van der Waals surface area contributed by atoms with Crippen LogP contribution in [0.5, 0.6) is 11.5 Å². The number of methoxy groups -OCH3 is 1. The largest absolute Gasteiger partial charge is 0.497 e. The van der Waals surface area contributed by atoms with Crippen LogP contribution >= 0.6 is 12.4 Å². The molecule has 0 spiro atoms. The molecule has 186 valence electrons. The number of likely N-dealkylation sites (tertiary alicyclic amines) is 1. The highest BCUT2D eigenvalue weighted by atomic mass is 35.5. The average Bonchev–Trinajstić information content (AvgIpc) is 3.42. The summed E-state index contributed by atoms with van der Waals surface area (Å²) in [6.07, 6.45) is 3.34. The van der Waals surface area contributed by atoms with Gasteiger partial charge in [0.2, 0.25) is 0 Å². The van der Waals surface area contributed by atoms with Gasteiger partial charge in [0, 0.05) is 23.9 Å². The Kier molecular flexibility index (Phi) is 10.2. The molecule has 0 saturated carbocycles. The van der Waals surface area contributed by atoms with E-state index in [9.17, 15) is 4.79 Å². The van der Waals surface area contributed by atoms with Crippen LogP contribution in [0, 0.1) is 5.92 Å². The van der Waals surface area contributed by atoms with Crippen molar-refractivity contribution in [2.45, 2.75) is 32.1 Å². The lowest BCUT2D eigenvalue weighted by molar-refractivity contribution is 0.0904. The first kappa shape index (κ1) is 26.8. The molecule has 3 aromatic carbocycles. The Hall–Kier alpha value is -2.82. The van der Waals surface area contributed by atoms with Gasteiger partial charge in [-0.3, -0.25) is 9.69 Å². The van der Waals surface area contributed by atoms with Crippen molar-refractivity contribution in [2.75, 3.05) is 33.4 Å². The molecule has 0 bridgehead atoms. The van der Waals surface area contributed by atoms with E-state index in [0.717, 1.165) is 41.2 Å². The van der Waals surface area contributed by atoms with Crippen molar-refractivity contribution in [3.63, 3.8) is 0 Å². The standard InChI is InChI=1S/C30H35NO3.ClH/c1-3-28(30(32)25-9-5-4-6-10-25)29(23-11-15-26(33-2)16-12-23)24-13-17-27(18-14-24)34-22-21-31-19-7-8-20-31;/h4-6,9-18,28-29H,3,7-8,19-22H2,1-2H3;1H. The summed E-state index contributed by atoms with van der Waals surface area (Å²) >= 11 is 0. The molecule has 3 aromatic rings. The number of benzene rings is 3.